The van der Waals surface area contributed by atoms with Crippen LogP contribution in [0.4, 0.5) is 0 Å². The monoisotopic (exact) mass is 217 g/mol. The van der Waals surface area contributed by atoms with E-state index in [1.807, 2.05) is 0 Å². The first-order chi connectivity index (χ1) is 6.61. The van der Waals surface area contributed by atoms with Gasteiger partial charge in [-0.2, -0.15) is 0 Å². The summed E-state index contributed by atoms with van der Waals surface area (Å²) in [4.78, 5) is 0. The molecule has 2 rings (SSSR count). The average molecular weight is 217 g/mol. The van der Waals surface area contributed by atoms with Crippen LogP contribution in [-0.4, -0.2) is 30.1 Å². The van der Waals surface area contributed by atoms with Gasteiger partial charge in [0.1, 0.15) is 0 Å². The minimum Gasteiger partial charge on any atom is -0.424 e. The summed E-state index contributed by atoms with van der Waals surface area (Å²) in [5.74, 6) is 0.917. The fourth-order valence-electron chi connectivity index (χ4n) is 1.50. The standard InChI is InChI=1S/C7H11N3O3S/c8-3-6-9-10-7(13-6)5-1-2-14(11,12)4-5/h5H,1-4,8H2. The van der Waals surface area contributed by atoms with E-state index >= 15 is 0 Å². The van der Waals surface area contributed by atoms with E-state index < -0.39 is 9.84 Å². The van der Waals surface area contributed by atoms with Gasteiger partial charge in [-0.25, -0.2) is 8.42 Å². The van der Waals surface area contributed by atoms with Crippen molar-refractivity contribution in [1.82, 2.24) is 10.2 Å². The lowest BCUT2D eigenvalue weighted by molar-refractivity contribution is 0.426. The maximum Gasteiger partial charge on any atom is 0.230 e. The number of sulfone groups is 1. The molecule has 6 nitrogen and oxygen atoms in total. The number of aromatic nitrogens is 2. The molecule has 1 aliphatic heterocycles. The summed E-state index contributed by atoms with van der Waals surface area (Å²) in [6.07, 6.45) is 0.564. The zero-order valence-electron chi connectivity index (χ0n) is 7.51. The van der Waals surface area contributed by atoms with Crippen molar-refractivity contribution in [3.05, 3.63) is 11.8 Å². The van der Waals surface area contributed by atoms with Crippen molar-refractivity contribution in [1.29, 1.82) is 0 Å². The van der Waals surface area contributed by atoms with E-state index in [4.69, 9.17) is 10.2 Å². The highest BCUT2D eigenvalue weighted by Crippen LogP contribution is 2.27. The molecule has 1 fully saturated rings. The van der Waals surface area contributed by atoms with Gasteiger partial charge in [0.15, 0.2) is 9.84 Å². The Morgan fingerprint density at radius 1 is 1.50 bits per heavy atom. The van der Waals surface area contributed by atoms with E-state index in [9.17, 15) is 8.42 Å². The minimum atomic E-state index is -2.90. The molecule has 0 bridgehead atoms. The van der Waals surface area contributed by atoms with Crippen molar-refractivity contribution in [2.45, 2.75) is 18.9 Å². The predicted octanol–water partition coefficient (Wildman–Crippen LogP) is -0.570. The van der Waals surface area contributed by atoms with Gasteiger partial charge in [0.2, 0.25) is 11.8 Å². The first-order valence-electron chi connectivity index (χ1n) is 4.33. The molecule has 0 saturated carbocycles. The molecule has 7 heteroatoms. The van der Waals surface area contributed by atoms with Crippen molar-refractivity contribution >= 4 is 9.84 Å². The molecule has 0 amide bonds. The number of nitrogens with two attached hydrogens (primary N) is 1. The number of rotatable bonds is 2. The average Bonchev–Trinajstić information content (AvgIpc) is 2.70. The maximum absolute atomic E-state index is 11.2. The van der Waals surface area contributed by atoms with Gasteiger partial charge >= 0.3 is 0 Å². The van der Waals surface area contributed by atoms with Gasteiger partial charge in [0, 0.05) is 0 Å². The third-order valence-corrected chi connectivity index (χ3v) is 4.01. The quantitative estimate of drug-likeness (QED) is 0.712. The molecule has 78 valence electrons. The lowest BCUT2D eigenvalue weighted by Gasteiger charge is -1.98. The lowest BCUT2D eigenvalue weighted by Crippen LogP contribution is -2.03. The fraction of sp³-hybridized carbons (Fsp3) is 0.714. The molecule has 2 N–H and O–H groups in total. The Labute approximate surface area is 81.4 Å². The van der Waals surface area contributed by atoms with Crippen molar-refractivity contribution in [3.63, 3.8) is 0 Å². The second-order valence-electron chi connectivity index (χ2n) is 3.34. The van der Waals surface area contributed by atoms with E-state index in [1.165, 1.54) is 0 Å². The molecule has 1 aromatic heterocycles. The highest BCUT2D eigenvalue weighted by Gasteiger charge is 2.32. The third-order valence-electron chi connectivity index (χ3n) is 2.24. The maximum atomic E-state index is 11.2. The molecule has 14 heavy (non-hydrogen) atoms. The summed E-state index contributed by atoms with van der Waals surface area (Å²) in [5, 5.41) is 7.46. The molecule has 0 spiro atoms. The molecular weight excluding hydrogens is 206 g/mol. The topological polar surface area (TPSA) is 99.1 Å². The Balaban J connectivity index is 2.17. The number of hydrogen-bond donors (Lipinski definition) is 1. The Morgan fingerprint density at radius 2 is 2.29 bits per heavy atom. The smallest absolute Gasteiger partial charge is 0.230 e. The van der Waals surface area contributed by atoms with Crippen LogP contribution in [0.3, 0.4) is 0 Å². The summed E-state index contributed by atoms with van der Waals surface area (Å²) in [6, 6.07) is 0. The summed E-state index contributed by atoms with van der Waals surface area (Å²) < 4.78 is 27.6. The van der Waals surface area contributed by atoms with Crippen LogP contribution in [-0.2, 0) is 16.4 Å². The molecule has 1 saturated heterocycles. The minimum absolute atomic E-state index is 0.110. The SMILES string of the molecule is NCc1nnc(C2CCS(=O)(=O)C2)o1. The molecule has 0 radical (unpaired) electrons. The second-order valence-corrected chi connectivity index (χ2v) is 5.57. The summed E-state index contributed by atoms with van der Waals surface area (Å²) in [5.41, 5.74) is 5.30. The Morgan fingerprint density at radius 3 is 2.79 bits per heavy atom. The Hall–Kier alpha value is -0.950. The molecule has 1 unspecified atom stereocenters. The van der Waals surface area contributed by atoms with Gasteiger partial charge in [-0.15, -0.1) is 10.2 Å². The zero-order chi connectivity index (χ0) is 10.2. The van der Waals surface area contributed by atoms with Gasteiger partial charge in [0.05, 0.1) is 24.0 Å². The zero-order valence-corrected chi connectivity index (χ0v) is 8.33. The van der Waals surface area contributed by atoms with Crippen LogP contribution in [0.25, 0.3) is 0 Å². The van der Waals surface area contributed by atoms with Crippen LogP contribution in [0.1, 0.15) is 24.1 Å². The van der Waals surface area contributed by atoms with E-state index in [0.29, 0.717) is 18.2 Å². The first-order valence-corrected chi connectivity index (χ1v) is 6.15. The molecule has 0 aliphatic carbocycles. The van der Waals surface area contributed by atoms with E-state index in [2.05, 4.69) is 10.2 Å². The Kier molecular flexibility index (Phi) is 2.28. The van der Waals surface area contributed by atoms with Gasteiger partial charge in [-0.05, 0) is 6.42 Å². The second kappa shape index (κ2) is 3.32. The Bertz CT molecular complexity index is 425. The van der Waals surface area contributed by atoms with Gasteiger partial charge in [-0.1, -0.05) is 0 Å². The molecule has 1 aliphatic rings. The van der Waals surface area contributed by atoms with E-state index in [0.717, 1.165) is 0 Å². The van der Waals surface area contributed by atoms with Crippen molar-refractivity contribution in [3.8, 4) is 0 Å². The fourth-order valence-corrected chi connectivity index (χ4v) is 3.24. The predicted molar refractivity (Wildman–Crippen MR) is 48.2 cm³/mol. The van der Waals surface area contributed by atoms with Gasteiger partial charge in [0.25, 0.3) is 0 Å². The van der Waals surface area contributed by atoms with E-state index in [1.54, 1.807) is 0 Å². The molecule has 1 aromatic rings. The molecule has 2 heterocycles. The molecule has 0 aromatic carbocycles. The third kappa shape index (κ3) is 1.78. The van der Waals surface area contributed by atoms with E-state index in [-0.39, 0.29) is 24.0 Å². The van der Waals surface area contributed by atoms with Crippen LogP contribution < -0.4 is 5.73 Å². The highest BCUT2D eigenvalue weighted by atomic mass is 32.2. The summed E-state index contributed by atoms with van der Waals surface area (Å²) in [7, 11) is -2.90. The van der Waals surface area contributed by atoms with Crippen LogP contribution in [0.5, 0.6) is 0 Å². The van der Waals surface area contributed by atoms with Crippen molar-refractivity contribution in [2.24, 2.45) is 5.73 Å². The van der Waals surface area contributed by atoms with Crippen LogP contribution in [0.15, 0.2) is 4.42 Å². The normalized spacial score (nSPS) is 25.4. The lowest BCUT2D eigenvalue weighted by atomic mass is 10.1. The van der Waals surface area contributed by atoms with Crippen LogP contribution >= 0.6 is 0 Å². The molecular formula is C7H11N3O3S. The van der Waals surface area contributed by atoms with Gasteiger partial charge < -0.3 is 10.2 Å². The molecule has 1 atom stereocenters. The summed E-state index contributed by atoms with van der Waals surface area (Å²) >= 11 is 0. The highest BCUT2D eigenvalue weighted by molar-refractivity contribution is 7.91. The van der Waals surface area contributed by atoms with Crippen LogP contribution in [0.2, 0.25) is 0 Å². The largest absolute Gasteiger partial charge is 0.424 e. The van der Waals surface area contributed by atoms with Crippen LogP contribution in [0, 0.1) is 0 Å². The number of nitrogens with zero attached hydrogens (tertiary/aromatic N) is 2. The first kappa shape index (κ1) is 9.60. The van der Waals surface area contributed by atoms with Crippen molar-refractivity contribution in [2.75, 3.05) is 11.5 Å². The summed E-state index contributed by atoms with van der Waals surface area (Å²) in [6.45, 7) is 0.187. The van der Waals surface area contributed by atoms with Crippen molar-refractivity contribution < 1.29 is 12.8 Å². The number of hydrogen-bond acceptors (Lipinski definition) is 6. The van der Waals surface area contributed by atoms with Gasteiger partial charge in [-0.3, -0.25) is 0 Å².